The summed E-state index contributed by atoms with van der Waals surface area (Å²) in [5.41, 5.74) is 2.02. The SMILES string of the molecule is Cn1cc(CC(O)c2cccc3ccccc23)cn1. The van der Waals surface area contributed by atoms with Crippen LogP contribution in [0.1, 0.15) is 17.2 Å². The molecule has 3 aromatic rings. The lowest BCUT2D eigenvalue weighted by Crippen LogP contribution is -2.02. The highest BCUT2D eigenvalue weighted by molar-refractivity contribution is 5.85. The maximum absolute atomic E-state index is 10.4. The Bertz CT molecular complexity index is 697. The average molecular weight is 252 g/mol. The molecule has 0 saturated carbocycles. The monoisotopic (exact) mass is 252 g/mol. The molecule has 0 radical (unpaired) electrons. The highest BCUT2D eigenvalue weighted by Gasteiger charge is 2.12. The van der Waals surface area contributed by atoms with Gasteiger partial charge in [0.25, 0.3) is 0 Å². The van der Waals surface area contributed by atoms with Crippen LogP contribution in [0.5, 0.6) is 0 Å². The lowest BCUT2D eigenvalue weighted by atomic mass is 9.97. The summed E-state index contributed by atoms with van der Waals surface area (Å²) < 4.78 is 1.76. The van der Waals surface area contributed by atoms with E-state index >= 15 is 0 Å². The van der Waals surface area contributed by atoms with Crippen LogP contribution in [-0.2, 0) is 13.5 Å². The quantitative estimate of drug-likeness (QED) is 0.778. The highest BCUT2D eigenvalue weighted by atomic mass is 16.3. The van der Waals surface area contributed by atoms with Crippen molar-refractivity contribution in [1.82, 2.24) is 9.78 Å². The van der Waals surface area contributed by atoms with Gasteiger partial charge in [-0.2, -0.15) is 5.10 Å². The molecule has 1 unspecified atom stereocenters. The van der Waals surface area contributed by atoms with Gasteiger partial charge in [0.05, 0.1) is 12.3 Å². The van der Waals surface area contributed by atoms with Crippen LogP contribution in [0.3, 0.4) is 0 Å². The summed E-state index contributed by atoms with van der Waals surface area (Å²) >= 11 is 0. The standard InChI is InChI=1S/C16H16N2O/c1-18-11-12(10-17-18)9-16(19)15-8-4-6-13-5-2-3-7-14(13)15/h2-8,10-11,16,19H,9H2,1H3. The molecule has 0 spiro atoms. The molecule has 3 rings (SSSR count). The molecule has 1 N–H and O–H groups in total. The van der Waals surface area contributed by atoms with E-state index in [1.54, 1.807) is 10.9 Å². The molecule has 3 heteroatoms. The first-order valence-electron chi connectivity index (χ1n) is 6.37. The lowest BCUT2D eigenvalue weighted by Gasteiger charge is -2.12. The Morgan fingerprint density at radius 2 is 1.95 bits per heavy atom. The summed E-state index contributed by atoms with van der Waals surface area (Å²) in [6, 6.07) is 14.2. The molecule has 1 atom stereocenters. The largest absolute Gasteiger partial charge is 0.388 e. The molecule has 0 aliphatic rings. The Morgan fingerprint density at radius 1 is 1.16 bits per heavy atom. The second-order valence-electron chi connectivity index (χ2n) is 4.81. The van der Waals surface area contributed by atoms with Crippen molar-refractivity contribution < 1.29 is 5.11 Å². The van der Waals surface area contributed by atoms with E-state index in [2.05, 4.69) is 23.3 Å². The van der Waals surface area contributed by atoms with Crippen LogP contribution in [0.4, 0.5) is 0 Å². The lowest BCUT2D eigenvalue weighted by molar-refractivity contribution is 0.180. The third-order valence-corrected chi connectivity index (χ3v) is 3.37. The molecule has 3 nitrogen and oxygen atoms in total. The van der Waals surface area contributed by atoms with Gasteiger partial charge in [-0.05, 0) is 21.9 Å². The van der Waals surface area contributed by atoms with Crippen molar-refractivity contribution >= 4 is 10.8 Å². The van der Waals surface area contributed by atoms with E-state index in [9.17, 15) is 5.11 Å². The van der Waals surface area contributed by atoms with E-state index in [-0.39, 0.29) is 0 Å². The van der Waals surface area contributed by atoms with Crippen molar-refractivity contribution in [3.05, 3.63) is 66.0 Å². The van der Waals surface area contributed by atoms with Gasteiger partial charge < -0.3 is 5.11 Å². The van der Waals surface area contributed by atoms with E-state index in [1.165, 1.54) is 0 Å². The molecule has 0 saturated heterocycles. The van der Waals surface area contributed by atoms with Gasteiger partial charge >= 0.3 is 0 Å². The summed E-state index contributed by atoms with van der Waals surface area (Å²) in [7, 11) is 1.88. The fourth-order valence-electron chi connectivity index (χ4n) is 2.45. The molecular formula is C16H16N2O. The van der Waals surface area contributed by atoms with Crippen LogP contribution >= 0.6 is 0 Å². The van der Waals surface area contributed by atoms with Gasteiger partial charge in [0, 0.05) is 19.7 Å². The summed E-state index contributed by atoms with van der Waals surface area (Å²) in [6.45, 7) is 0. The minimum Gasteiger partial charge on any atom is -0.388 e. The van der Waals surface area contributed by atoms with E-state index in [0.29, 0.717) is 6.42 Å². The number of nitrogens with zero attached hydrogens (tertiary/aromatic N) is 2. The number of aromatic nitrogens is 2. The molecule has 0 bridgehead atoms. The van der Waals surface area contributed by atoms with Crippen LogP contribution in [-0.4, -0.2) is 14.9 Å². The molecule has 0 aliphatic carbocycles. The van der Waals surface area contributed by atoms with Gasteiger partial charge in [-0.1, -0.05) is 42.5 Å². The Balaban J connectivity index is 1.95. The molecule has 0 amide bonds. The summed E-state index contributed by atoms with van der Waals surface area (Å²) in [5.74, 6) is 0. The van der Waals surface area contributed by atoms with Crippen LogP contribution in [0.15, 0.2) is 54.9 Å². The Kier molecular flexibility index (Phi) is 3.05. The molecular weight excluding hydrogens is 236 g/mol. The predicted octanol–water partition coefficient (Wildman–Crippen LogP) is 2.85. The Hall–Kier alpha value is -2.13. The normalized spacial score (nSPS) is 12.7. The minimum absolute atomic E-state index is 0.504. The zero-order valence-corrected chi connectivity index (χ0v) is 10.8. The summed E-state index contributed by atoms with van der Waals surface area (Å²) in [4.78, 5) is 0. The first-order chi connectivity index (χ1) is 9.24. The Morgan fingerprint density at radius 3 is 2.74 bits per heavy atom. The van der Waals surface area contributed by atoms with Crippen LogP contribution < -0.4 is 0 Å². The molecule has 0 aliphatic heterocycles. The topological polar surface area (TPSA) is 38.0 Å². The van der Waals surface area contributed by atoms with Gasteiger partial charge in [-0.15, -0.1) is 0 Å². The number of hydrogen-bond donors (Lipinski definition) is 1. The predicted molar refractivity (Wildman–Crippen MR) is 75.8 cm³/mol. The van der Waals surface area contributed by atoms with Crippen molar-refractivity contribution in [2.24, 2.45) is 7.05 Å². The van der Waals surface area contributed by atoms with Crippen molar-refractivity contribution in [2.45, 2.75) is 12.5 Å². The molecule has 1 aromatic heterocycles. The molecule has 0 fully saturated rings. The van der Waals surface area contributed by atoms with Gasteiger partial charge in [0.15, 0.2) is 0 Å². The maximum Gasteiger partial charge on any atom is 0.0837 e. The minimum atomic E-state index is -0.504. The Labute approximate surface area is 112 Å². The van der Waals surface area contributed by atoms with E-state index in [4.69, 9.17) is 0 Å². The number of benzene rings is 2. The average Bonchev–Trinajstić information content (AvgIpc) is 2.83. The third kappa shape index (κ3) is 2.37. The van der Waals surface area contributed by atoms with Gasteiger partial charge in [-0.25, -0.2) is 0 Å². The summed E-state index contributed by atoms with van der Waals surface area (Å²) in [6.07, 6.45) is 3.82. The fourth-order valence-corrected chi connectivity index (χ4v) is 2.45. The van der Waals surface area contributed by atoms with E-state index in [1.807, 2.05) is 37.5 Å². The number of hydrogen-bond acceptors (Lipinski definition) is 2. The summed E-state index contributed by atoms with van der Waals surface area (Å²) in [5, 5.41) is 16.8. The molecule has 19 heavy (non-hydrogen) atoms. The van der Waals surface area contributed by atoms with E-state index in [0.717, 1.165) is 21.9 Å². The van der Waals surface area contributed by atoms with Gasteiger partial charge in [0.1, 0.15) is 0 Å². The number of rotatable bonds is 3. The van der Waals surface area contributed by atoms with Crippen molar-refractivity contribution in [3.8, 4) is 0 Å². The van der Waals surface area contributed by atoms with Crippen molar-refractivity contribution in [1.29, 1.82) is 0 Å². The number of aliphatic hydroxyl groups is 1. The zero-order valence-electron chi connectivity index (χ0n) is 10.8. The molecule has 1 heterocycles. The highest BCUT2D eigenvalue weighted by Crippen LogP contribution is 2.26. The van der Waals surface area contributed by atoms with Gasteiger partial charge in [-0.3, -0.25) is 4.68 Å². The zero-order chi connectivity index (χ0) is 13.2. The molecule has 2 aromatic carbocycles. The number of aliphatic hydroxyl groups excluding tert-OH is 1. The number of fused-ring (bicyclic) bond motifs is 1. The molecule has 96 valence electrons. The second-order valence-corrected chi connectivity index (χ2v) is 4.81. The van der Waals surface area contributed by atoms with Crippen LogP contribution in [0.2, 0.25) is 0 Å². The van der Waals surface area contributed by atoms with Crippen molar-refractivity contribution in [3.63, 3.8) is 0 Å². The fraction of sp³-hybridized carbons (Fsp3) is 0.188. The second kappa shape index (κ2) is 4.86. The first kappa shape index (κ1) is 11.9. The maximum atomic E-state index is 10.4. The smallest absolute Gasteiger partial charge is 0.0837 e. The third-order valence-electron chi connectivity index (χ3n) is 3.37. The van der Waals surface area contributed by atoms with Crippen molar-refractivity contribution in [2.75, 3.05) is 0 Å². The first-order valence-corrected chi connectivity index (χ1v) is 6.37. The van der Waals surface area contributed by atoms with Crippen LogP contribution in [0, 0.1) is 0 Å². The van der Waals surface area contributed by atoms with Gasteiger partial charge in [0.2, 0.25) is 0 Å². The number of aryl methyl sites for hydroxylation is 1. The van der Waals surface area contributed by atoms with Crippen LogP contribution in [0.25, 0.3) is 10.8 Å². The van der Waals surface area contributed by atoms with E-state index < -0.39 is 6.10 Å².